The predicted molar refractivity (Wildman–Crippen MR) is 97.9 cm³/mol. The van der Waals surface area contributed by atoms with Gasteiger partial charge in [-0.2, -0.15) is 39.3 Å². The fourth-order valence-electron chi connectivity index (χ4n) is 1.81. The van der Waals surface area contributed by atoms with Gasteiger partial charge in [0.1, 0.15) is 0 Å². The third kappa shape index (κ3) is 10.4. The third-order valence-electron chi connectivity index (χ3n) is 2.69. The van der Waals surface area contributed by atoms with Crippen LogP contribution in [0.5, 0.6) is 0 Å². The van der Waals surface area contributed by atoms with Gasteiger partial charge in [0.05, 0.1) is 0 Å². The molecule has 1 aromatic heterocycles. The molecule has 5 nitrogen and oxygen atoms in total. The summed E-state index contributed by atoms with van der Waals surface area (Å²) in [5.74, 6) is 0. The molecular formula is C13H22BrCl2MnN5-4. The summed E-state index contributed by atoms with van der Waals surface area (Å²) in [6.07, 6.45) is 0. The summed E-state index contributed by atoms with van der Waals surface area (Å²) in [4.78, 5) is 4.57. The van der Waals surface area contributed by atoms with Gasteiger partial charge in [-0.05, 0) is 12.1 Å². The zero-order valence-corrected chi connectivity index (χ0v) is 16.3. The van der Waals surface area contributed by atoms with E-state index < -0.39 is 0 Å². The van der Waals surface area contributed by atoms with E-state index in [1.807, 2.05) is 12.1 Å². The van der Waals surface area contributed by atoms with Crippen LogP contribution in [0.15, 0.2) is 16.6 Å². The molecule has 1 aromatic rings. The van der Waals surface area contributed by atoms with E-state index in [9.17, 15) is 0 Å². The van der Waals surface area contributed by atoms with Gasteiger partial charge in [0.25, 0.3) is 0 Å². The first kappa shape index (κ1) is 20.6. The van der Waals surface area contributed by atoms with Crippen molar-refractivity contribution < 1.29 is 16.0 Å². The van der Waals surface area contributed by atoms with Gasteiger partial charge in [0.2, 0.25) is 0 Å². The van der Waals surface area contributed by atoms with Gasteiger partial charge in [-0.3, -0.25) is 4.98 Å². The number of pyridine rings is 1. The van der Waals surface area contributed by atoms with E-state index in [1.165, 1.54) is 0 Å². The van der Waals surface area contributed by atoms with Crippen LogP contribution in [-0.2, 0) is 26.2 Å². The van der Waals surface area contributed by atoms with Crippen LogP contribution in [0.4, 0.5) is 0 Å². The number of nitrogens with zero attached hydrogens (tertiary/aromatic N) is 5. The van der Waals surface area contributed by atoms with Gasteiger partial charge in [-0.15, -0.1) is 13.1 Å². The zero-order valence-electron chi connectivity index (χ0n) is 12.1. The normalized spacial score (nSPS) is 17.6. The van der Waals surface area contributed by atoms with Crippen LogP contribution >= 0.6 is 36.1 Å². The van der Waals surface area contributed by atoms with Crippen molar-refractivity contribution in [3.63, 3.8) is 0 Å². The minimum atomic E-state index is 0. The standard InChI is InChI=1S/C13H18BrN5.2ClH.Mn.2H2/c14-11-7-12-9-17-5-3-15-1-2-16-4-6-18-10-13(8-11)19-12;;;;;/h7-8H,1-6,9-10H2;2*1H;;2*1H/q-4;;;+2;;/p-2. The Labute approximate surface area is 158 Å². The van der Waals surface area contributed by atoms with E-state index in [1.54, 1.807) is 0 Å². The van der Waals surface area contributed by atoms with Crippen molar-refractivity contribution in [2.24, 2.45) is 0 Å². The van der Waals surface area contributed by atoms with Crippen LogP contribution in [0, 0.1) is 0 Å². The first-order chi connectivity index (χ1) is 10.8. The number of rotatable bonds is 0. The molecule has 0 saturated heterocycles. The van der Waals surface area contributed by atoms with Gasteiger partial charge < -0.3 is 21.3 Å². The molecule has 9 heteroatoms. The van der Waals surface area contributed by atoms with Crippen molar-refractivity contribution in [2.75, 3.05) is 39.3 Å². The van der Waals surface area contributed by atoms with E-state index in [2.05, 4.69) is 42.2 Å². The molecule has 1 aliphatic rings. The van der Waals surface area contributed by atoms with Gasteiger partial charge in [0, 0.05) is 18.7 Å². The Balaban J connectivity index is 0. The topological polar surface area (TPSA) is 69.3 Å². The quantitative estimate of drug-likeness (QED) is 0.496. The van der Waals surface area contributed by atoms with Crippen LogP contribution in [0.1, 0.15) is 14.2 Å². The van der Waals surface area contributed by atoms with Crippen LogP contribution in [0.25, 0.3) is 21.3 Å². The van der Waals surface area contributed by atoms with E-state index in [-0.39, 0.29) is 16.0 Å². The Morgan fingerprint density at radius 1 is 0.864 bits per heavy atom. The molecule has 0 aromatic carbocycles. The third-order valence-corrected chi connectivity index (χ3v) is 3.15. The van der Waals surface area contributed by atoms with Crippen molar-refractivity contribution in [3.05, 3.63) is 49.3 Å². The molecule has 0 radical (unpaired) electrons. The molecule has 0 fully saturated rings. The largest absolute Gasteiger partial charge is 0 e. The summed E-state index contributed by atoms with van der Waals surface area (Å²) in [6.45, 7) is 5.96. The number of aromatic nitrogens is 1. The van der Waals surface area contributed by atoms with Crippen molar-refractivity contribution >= 4 is 36.1 Å². The van der Waals surface area contributed by atoms with E-state index >= 15 is 0 Å². The molecular weight excluding hydrogens is 432 g/mol. The maximum Gasteiger partial charge on any atom is 0 e. The minimum absolute atomic E-state index is 0. The molecule has 2 bridgehead atoms. The van der Waals surface area contributed by atoms with Gasteiger partial charge in [-0.1, -0.05) is 15.9 Å². The van der Waals surface area contributed by atoms with E-state index in [4.69, 9.17) is 20.2 Å². The van der Waals surface area contributed by atoms with E-state index in [0.29, 0.717) is 13.1 Å². The smallest absolute Gasteiger partial charge is 0 e. The molecule has 0 amide bonds. The number of fused-ring (bicyclic) bond motifs is 2. The molecule has 0 unspecified atom stereocenters. The SMILES string of the molecule is Brc1cc2nc(c1)C[N-]CC[N-]CC[N-]CC[N-]C2.[Cl][Mn][Cl].[HH].[HH]. The summed E-state index contributed by atoms with van der Waals surface area (Å²) in [5.41, 5.74) is 1.97. The van der Waals surface area contributed by atoms with Gasteiger partial charge in [0.15, 0.2) is 0 Å². The fraction of sp³-hybridized carbons (Fsp3) is 0.615. The van der Waals surface area contributed by atoms with Crippen molar-refractivity contribution in [1.82, 2.24) is 4.98 Å². The van der Waals surface area contributed by atoms with Crippen LogP contribution in [-0.4, -0.2) is 44.3 Å². The Bertz CT molecular complexity index is 392. The molecule has 0 spiro atoms. The molecule has 2 rings (SSSR count). The summed E-state index contributed by atoms with van der Waals surface area (Å²) in [6, 6.07) is 4.02. The van der Waals surface area contributed by atoms with Gasteiger partial charge in [-0.25, -0.2) is 0 Å². The number of hydrogen-bond donors (Lipinski definition) is 0. The van der Waals surface area contributed by atoms with Crippen molar-refractivity contribution in [2.45, 2.75) is 13.1 Å². The molecule has 1 aliphatic heterocycles. The summed E-state index contributed by atoms with van der Waals surface area (Å²) >= 11 is 3.51. The van der Waals surface area contributed by atoms with E-state index in [0.717, 1.165) is 55.1 Å². The Kier molecular flexibility index (Phi) is 13.1. The van der Waals surface area contributed by atoms with Crippen molar-refractivity contribution in [1.29, 1.82) is 0 Å². The average Bonchev–Trinajstić information content (AvgIpc) is 2.48. The summed E-state index contributed by atoms with van der Waals surface area (Å²) in [5, 5.41) is 17.7. The summed E-state index contributed by atoms with van der Waals surface area (Å²) in [7, 11) is 9.59. The minimum Gasteiger partial charge on any atom is 0 e. The Morgan fingerprint density at radius 2 is 1.23 bits per heavy atom. The van der Waals surface area contributed by atoms with Crippen molar-refractivity contribution in [3.8, 4) is 0 Å². The van der Waals surface area contributed by atoms with Crippen LogP contribution < -0.4 is 0 Å². The monoisotopic (exact) mass is 452 g/mol. The predicted octanol–water partition coefficient (Wildman–Crippen LogP) is 5.22. The molecule has 0 N–H and O–H groups in total. The second-order valence-electron chi connectivity index (χ2n) is 4.37. The second-order valence-corrected chi connectivity index (χ2v) is 7.24. The average molecular weight is 454 g/mol. The molecule has 0 saturated carbocycles. The van der Waals surface area contributed by atoms with Crippen LogP contribution in [0.2, 0.25) is 0 Å². The first-order valence-electron chi connectivity index (χ1n) is 6.81. The Morgan fingerprint density at radius 3 is 1.64 bits per heavy atom. The fourth-order valence-corrected chi connectivity index (χ4v) is 2.33. The number of halogens is 3. The maximum atomic E-state index is 4.80. The Hall–Kier alpha value is 0.569. The molecule has 0 atom stereocenters. The molecule has 22 heavy (non-hydrogen) atoms. The van der Waals surface area contributed by atoms with Crippen LogP contribution in [0.3, 0.4) is 0 Å². The second kappa shape index (κ2) is 14.0. The first-order valence-corrected chi connectivity index (χ1v) is 10.9. The number of hydrogen-bond acceptors (Lipinski definition) is 1. The molecule has 131 valence electrons. The zero-order chi connectivity index (χ0) is 16.0. The molecule has 2 heterocycles. The molecule has 0 aliphatic carbocycles. The summed E-state index contributed by atoms with van der Waals surface area (Å²) < 4.78 is 1.04. The van der Waals surface area contributed by atoms with Gasteiger partial charge >= 0.3 is 33.3 Å². The maximum absolute atomic E-state index is 4.80.